The maximum absolute atomic E-state index is 11.0. The van der Waals surface area contributed by atoms with E-state index in [1.54, 1.807) is 19.2 Å². The molecule has 0 aromatic heterocycles. The molecule has 0 N–H and O–H groups in total. The van der Waals surface area contributed by atoms with Crippen LogP contribution < -0.4 is 9.47 Å². The van der Waals surface area contributed by atoms with Crippen LogP contribution in [0.1, 0.15) is 15.9 Å². The standard InChI is InChI=1S/C15H13NO5/c1-20-13-5-2-11(3-6-13)10-21-15-7-4-12(9-17)8-14(15)16(18)19/h2-9H,10H2,1H3. The summed E-state index contributed by atoms with van der Waals surface area (Å²) >= 11 is 0. The maximum atomic E-state index is 11.0. The average Bonchev–Trinajstić information content (AvgIpc) is 2.53. The number of methoxy groups -OCH3 is 1. The van der Waals surface area contributed by atoms with E-state index in [0.717, 1.165) is 11.3 Å². The molecule has 0 amide bonds. The van der Waals surface area contributed by atoms with E-state index in [1.807, 2.05) is 12.1 Å². The average molecular weight is 287 g/mol. The molecule has 0 saturated carbocycles. The molecule has 108 valence electrons. The summed E-state index contributed by atoms with van der Waals surface area (Å²) < 4.78 is 10.5. The molecule has 0 aliphatic rings. The molecule has 0 bridgehead atoms. The number of benzene rings is 2. The minimum absolute atomic E-state index is 0.126. The number of ether oxygens (including phenoxy) is 2. The van der Waals surface area contributed by atoms with Crippen LogP contribution in [0, 0.1) is 10.1 Å². The molecule has 6 nitrogen and oxygen atoms in total. The SMILES string of the molecule is COc1ccc(COc2ccc(C=O)cc2[N+](=O)[O-])cc1. The van der Waals surface area contributed by atoms with Crippen molar-refractivity contribution in [3.8, 4) is 11.5 Å². The lowest BCUT2D eigenvalue weighted by Crippen LogP contribution is -2.00. The number of hydrogen-bond donors (Lipinski definition) is 0. The monoisotopic (exact) mass is 287 g/mol. The number of carbonyl (C=O) groups is 1. The lowest BCUT2D eigenvalue weighted by atomic mass is 10.2. The largest absolute Gasteiger partial charge is 0.497 e. The van der Waals surface area contributed by atoms with Crippen LogP contribution in [-0.2, 0) is 6.61 Å². The molecule has 0 saturated heterocycles. The molecule has 0 fully saturated rings. The highest BCUT2D eigenvalue weighted by Gasteiger charge is 2.16. The molecule has 0 aliphatic heterocycles. The zero-order valence-electron chi connectivity index (χ0n) is 11.3. The molecular formula is C15H13NO5. The third-order valence-electron chi connectivity index (χ3n) is 2.87. The minimum Gasteiger partial charge on any atom is -0.497 e. The highest BCUT2D eigenvalue weighted by molar-refractivity contribution is 5.77. The summed E-state index contributed by atoms with van der Waals surface area (Å²) in [5, 5.41) is 11.0. The van der Waals surface area contributed by atoms with Crippen LogP contribution >= 0.6 is 0 Å². The summed E-state index contributed by atoms with van der Waals surface area (Å²) in [7, 11) is 1.57. The first-order valence-electron chi connectivity index (χ1n) is 6.13. The highest BCUT2D eigenvalue weighted by atomic mass is 16.6. The van der Waals surface area contributed by atoms with Crippen LogP contribution in [0.15, 0.2) is 42.5 Å². The number of aldehydes is 1. The van der Waals surface area contributed by atoms with Gasteiger partial charge in [-0.05, 0) is 29.8 Å². The number of hydrogen-bond acceptors (Lipinski definition) is 5. The van der Waals surface area contributed by atoms with Gasteiger partial charge in [-0.1, -0.05) is 12.1 Å². The van der Waals surface area contributed by atoms with Gasteiger partial charge in [0.1, 0.15) is 18.6 Å². The van der Waals surface area contributed by atoms with E-state index < -0.39 is 4.92 Å². The van der Waals surface area contributed by atoms with Gasteiger partial charge in [-0.3, -0.25) is 14.9 Å². The van der Waals surface area contributed by atoms with Crippen molar-refractivity contribution in [2.75, 3.05) is 7.11 Å². The molecule has 0 heterocycles. The van der Waals surface area contributed by atoms with Crippen molar-refractivity contribution in [2.24, 2.45) is 0 Å². The second-order valence-corrected chi connectivity index (χ2v) is 4.24. The summed E-state index contributed by atoms with van der Waals surface area (Å²) in [6, 6.07) is 11.3. The van der Waals surface area contributed by atoms with Gasteiger partial charge in [0.25, 0.3) is 0 Å². The van der Waals surface area contributed by atoms with Gasteiger partial charge in [-0.2, -0.15) is 0 Å². The number of rotatable bonds is 6. The van der Waals surface area contributed by atoms with Crippen molar-refractivity contribution in [1.29, 1.82) is 0 Å². The van der Waals surface area contributed by atoms with Crippen molar-refractivity contribution in [1.82, 2.24) is 0 Å². The lowest BCUT2D eigenvalue weighted by Gasteiger charge is -2.08. The molecule has 2 aromatic rings. The first-order valence-corrected chi connectivity index (χ1v) is 6.13. The zero-order chi connectivity index (χ0) is 15.2. The fourth-order valence-electron chi connectivity index (χ4n) is 1.76. The Bertz CT molecular complexity index is 652. The molecule has 0 unspecified atom stereocenters. The topological polar surface area (TPSA) is 78.7 Å². The van der Waals surface area contributed by atoms with Gasteiger partial charge >= 0.3 is 5.69 Å². The third-order valence-corrected chi connectivity index (χ3v) is 2.87. The van der Waals surface area contributed by atoms with Crippen molar-refractivity contribution in [3.63, 3.8) is 0 Å². The zero-order valence-corrected chi connectivity index (χ0v) is 11.3. The number of nitro groups is 1. The Morgan fingerprint density at radius 1 is 1.19 bits per heavy atom. The summed E-state index contributed by atoms with van der Waals surface area (Å²) in [5.41, 5.74) is 0.858. The lowest BCUT2D eigenvalue weighted by molar-refractivity contribution is -0.386. The first-order chi connectivity index (χ1) is 10.1. The van der Waals surface area contributed by atoms with Gasteiger partial charge in [0.05, 0.1) is 12.0 Å². The van der Waals surface area contributed by atoms with E-state index in [2.05, 4.69) is 0 Å². The molecule has 0 spiro atoms. The van der Waals surface area contributed by atoms with Crippen molar-refractivity contribution in [2.45, 2.75) is 6.61 Å². The number of nitrogens with zero attached hydrogens (tertiary/aromatic N) is 1. The van der Waals surface area contributed by atoms with Crippen LogP contribution in [0.25, 0.3) is 0 Å². The van der Waals surface area contributed by atoms with Crippen LogP contribution in [0.3, 0.4) is 0 Å². The summed E-state index contributed by atoms with van der Waals surface area (Å²) in [6.45, 7) is 0.186. The predicted octanol–water partition coefficient (Wildman–Crippen LogP) is 2.99. The Hall–Kier alpha value is -2.89. The number of carbonyl (C=O) groups excluding carboxylic acids is 1. The first kappa shape index (κ1) is 14.5. The van der Waals surface area contributed by atoms with Gasteiger partial charge in [0.2, 0.25) is 0 Å². The Kier molecular flexibility index (Phi) is 4.50. The number of nitro benzene ring substituents is 1. The molecular weight excluding hydrogens is 274 g/mol. The van der Waals surface area contributed by atoms with Crippen LogP contribution in [0.5, 0.6) is 11.5 Å². The normalized spacial score (nSPS) is 9.95. The molecule has 2 aromatic carbocycles. The fraction of sp³-hybridized carbons (Fsp3) is 0.133. The Morgan fingerprint density at radius 3 is 2.48 bits per heavy atom. The predicted molar refractivity (Wildman–Crippen MR) is 75.8 cm³/mol. The van der Waals surface area contributed by atoms with Crippen molar-refractivity contribution < 1.29 is 19.2 Å². The second-order valence-electron chi connectivity index (χ2n) is 4.24. The second kappa shape index (κ2) is 6.51. The third kappa shape index (κ3) is 3.56. The van der Waals surface area contributed by atoms with E-state index >= 15 is 0 Å². The van der Waals surface area contributed by atoms with E-state index in [9.17, 15) is 14.9 Å². The van der Waals surface area contributed by atoms with Crippen LogP contribution in [0.4, 0.5) is 5.69 Å². The van der Waals surface area contributed by atoms with Crippen molar-refractivity contribution >= 4 is 12.0 Å². The quantitative estimate of drug-likeness (QED) is 0.463. The summed E-state index contributed by atoms with van der Waals surface area (Å²) in [5.74, 6) is 0.849. The van der Waals surface area contributed by atoms with Crippen molar-refractivity contribution in [3.05, 3.63) is 63.7 Å². The van der Waals surface area contributed by atoms with E-state index in [1.165, 1.54) is 18.2 Å². The van der Waals surface area contributed by atoms with E-state index in [4.69, 9.17) is 9.47 Å². The minimum atomic E-state index is -0.573. The molecule has 6 heteroatoms. The molecule has 21 heavy (non-hydrogen) atoms. The van der Waals surface area contributed by atoms with Crippen LogP contribution in [0.2, 0.25) is 0 Å². The van der Waals surface area contributed by atoms with Gasteiger partial charge in [0, 0.05) is 11.6 Å². The molecule has 0 aliphatic carbocycles. The van der Waals surface area contributed by atoms with Gasteiger partial charge < -0.3 is 9.47 Å². The van der Waals surface area contributed by atoms with Gasteiger partial charge in [-0.15, -0.1) is 0 Å². The summed E-state index contributed by atoms with van der Waals surface area (Å²) in [4.78, 5) is 21.1. The molecule has 2 rings (SSSR count). The summed E-state index contributed by atoms with van der Waals surface area (Å²) in [6.07, 6.45) is 0.556. The Morgan fingerprint density at radius 2 is 1.90 bits per heavy atom. The fourth-order valence-corrected chi connectivity index (χ4v) is 1.76. The Balaban J connectivity index is 2.15. The van der Waals surface area contributed by atoms with E-state index in [0.29, 0.717) is 6.29 Å². The smallest absolute Gasteiger partial charge is 0.311 e. The Labute approximate surface area is 121 Å². The van der Waals surface area contributed by atoms with E-state index in [-0.39, 0.29) is 23.6 Å². The van der Waals surface area contributed by atoms with Gasteiger partial charge in [-0.25, -0.2) is 0 Å². The molecule has 0 radical (unpaired) electrons. The highest BCUT2D eigenvalue weighted by Crippen LogP contribution is 2.28. The van der Waals surface area contributed by atoms with Crippen LogP contribution in [-0.4, -0.2) is 18.3 Å². The molecule has 0 atom stereocenters. The maximum Gasteiger partial charge on any atom is 0.311 e. The van der Waals surface area contributed by atoms with Gasteiger partial charge in [0.15, 0.2) is 5.75 Å².